The lowest BCUT2D eigenvalue weighted by Gasteiger charge is -2.37. The van der Waals surface area contributed by atoms with Gasteiger partial charge in [0.1, 0.15) is 36.0 Å². The van der Waals surface area contributed by atoms with Gasteiger partial charge in [0.15, 0.2) is 0 Å². The molecule has 3 aromatic heterocycles. The summed E-state index contributed by atoms with van der Waals surface area (Å²) < 4.78 is 16.5. The van der Waals surface area contributed by atoms with Crippen LogP contribution in [0.15, 0.2) is 49.2 Å². The standard InChI is InChI=1S/C27H32N6O2/c1-18-29-8-9-32(18)14-19-11-21(12-19)33-15-24(25-26(28)30-17-31-27(25)33)20-5-4-7-22(13-20)35-16-23-6-2-3-10-34-23/h4-5,7-9,13,15,17,19,21,23H,2-3,6,10-12,14,16H2,1H3,(H2,28,30,31)/t19-,21+,23?. The van der Waals surface area contributed by atoms with Gasteiger partial charge in [-0.2, -0.15) is 0 Å². The highest BCUT2D eigenvalue weighted by Crippen LogP contribution is 2.43. The van der Waals surface area contributed by atoms with Crippen molar-refractivity contribution in [3.63, 3.8) is 0 Å². The van der Waals surface area contributed by atoms with Crippen molar-refractivity contribution >= 4 is 16.9 Å². The number of hydrogen-bond donors (Lipinski definition) is 1. The summed E-state index contributed by atoms with van der Waals surface area (Å²) in [6.07, 6.45) is 13.5. The van der Waals surface area contributed by atoms with Gasteiger partial charge in [-0.05, 0) is 62.6 Å². The summed E-state index contributed by atoms with van der Waals surface area (Å²) in [7, 11) is 0. The number of hydrogen-bond acceptors (Lipinski definition) is 6. The molecule has 2 aliphatic rings. The predicted molar refractivity (Wildman–Crippen MR) is 135 cm³/mol. The number of aryl methyl sites for hydroxylation is 1. The predicted octanol–water partition coefficient (Wildman–Crippen LogP) is 4.78. The van der Waals surface area contributed by atoms with Crippen molar-refractivity contribution in [1.82, 2.24) is 24.1 Å². The van der Waals surface area contributed by atoms with Crippen molar-refractivity contribution in [3.8, 4) is 16.9 Å². The lowest BCUT2D eigenvalue weighted by Crippen LogP contribution is -2.29. The Morgan fingerprint density at radius 3 is 2.89 bits per heavy atom. The summed E-state index contributed by atoms with van der Waals surface area (Å²) >= 11 is 0. The Balaban J connectivity index is 1.24. The van der Waals surface area contributed by atoms with Crippen molar-refractivity contribution in [3.05, 3.63) is 55.0 Å². The molecule has 1 saturated carbocycles. The monoisotopic (exact) mass is 472 g/mol. The second kappa shape index (κ2) is 9.34. The Labute approximate surface area is 205 Å². The van der Waals surface area contributed by atoms with Crippen LogP contribution in [0.5, 0.6) is 5.75 Å². The van der Waals surface area contributed by atoms with Gasteiger partial charge in [-0.25, -0.2) is 15.0 Å². The maximum Gasteiger partial charge on any atom is 0.146 e. The number of nitrogen functional groups attached to an aromatic ring is 1. The number of rotatable bonds is 7. The molecule has 1 aliphatic carbocycles. The number of nitrogens with two attached hydrogens (primary N) is 1. The Morgan fingerprint density at radius 2 is 2.09 bits per heavy atom. The number of fused-ring (bicyclic) bond motifs is 1. The van der Waals surface area contributed by atoms with E-state index in [2.05, 4.69) is 55.5 Å². The lowest BCUT2D eigenvalue weighted by molar-refractivity contribution is -0.0110. The third kappa shape index (κ3) is 4.38. The number of nitrogens with zero attached hydrogens (tertiary/aromatic N) is 5. The van der Waals surface area contributed by atoms with E-state index < -0.39 is 0 Å². The average Bonchev–Trinajstić information content (AvgIpc) is 3.45. The van der Waals surface area contributed by atoms with E-state index in [4.69, 9.17) is 15.2 Å². The average molecular weight is 473 g/mol. The first kappa shape index (κ1) is 22.1. The first-order chi connectivity index (χ1) is 17.2. The van der Waals surface area contributed by atoms with Crippen LogP contribution in [-0.2, 0) is 11.3 Å². The number of ether oxygens (including phenoxy) is 2. The van der Waals surface area contributed by atoms with Gasteiger partial charge in [-0.1, -0.05) is 12.1 Å². The fraction of sp³-hybridized carbons (Fsp3) is 0.444. The van der Waals surface area contributed by atoms with Crippen molar-refractivity contribution < 1.29 is 9.47 Å². The van der Waals surface area contributed by atoms with Crippen molar-refractivity contribution in [2.75, 3.05) is 18.9 Å². The molecule has 4 aromatic rings. The molecule has 2 N–H and O–H groups in total. The normalized spacial score (nSPS) is 22.3. The van der Waals surface area contributed by atoms with Crippen LogP contribution < -0.4 is 10.5 Å². The molecule has 8 heteroatoms. The van der Waals surface area contributed by atoms with Crippen LogP contribution in [0, 0.1) is 12.8 Å². The summed E-state index contributed by atoms with van der Waals surface area (Å²) in [6, 6.07) is 8.61. The van der Waals surface area contributed by atoms with Gasteiger partial charge < -0.3 is 24.3 Å². The summed E-state index contributed by atoms with van der Waals surface area (Å²) in [4.78, 5) is 13.3. The van der Waals surface area contributed by atoms with E-state index in [0.29, 0.717) is 24.4 Å². The van der Waals surface area contributed by atoms with E-state index in [1.165, 1.54) is 6.42 Å². The summed E-state index contributed by atoms with van der Waals surface area (Å²) in [5.41, 5.74) is 9.38. The van der Waals surface area contributed by atoms with Crippen LogP contribution in [0.1, 0.15) is 44.0 Å². The van der Waals surface area contributed by atoms with Crippen LogP contribution in [0.4, 0.5) is 5.82 Å². The van der Waals surface area contributed by atoms with Crippen LogP contribution in [0.2, 0.25) is 0 Å². The van der Waals surface area contributed by atoms with E-state index in [1.807, 2.05) is 18.3 Å². The number of aromatic nitrogens is 5. The summed E-state index contributed by atoms with van der Waals surface area (Å²) in [5, 5.41) is 0.911. The number of imidazole rings is 1. The minimum Gasteiger partial charge on any atom is -0.491 e. The molecule has 1 aliphatic heterocycles. The van der Waals surface area contributed by atoms with Crippen LogP contribution in [0.3, 0.4) is 0 Å². The fourth-order valence-electron chi connectivity index (χ4n) is 5.44. The molecule has 35 heavy (non-hydrogen) atoms. The van der Waals surface area contributed by atoms with Crippen LogP contribution >= 0.6 is 0 Å². The van der Waals surface area contributed by atoms with Crippen LogP contribution in [-0.4, -0.2) is 43.4 Å². The molecule has 1 saturated heterocycles. The smallest absolute Gasteiger partial charge is 0.146 e. The number of anilines is 1. The SMILES string of the molecule is Cc1nccn1C[C@H]1C[C@@H](n2cc(-c3cccc(OCC4CCCCO4)c3)c3c(N)ncnc32)C1. The van der Waals surface area contributed by atoms with E-state index in [9.17, 15) is 0 Å². The number of benzene rings is 1. The molecule has 0 bridgehead atoms. The quantitative estimate of drug-likeness (QED) is 0.416. The first-order valence-electron chi connectivity index (χ1n) is 12.6. The molecule has 1 unspecified atom stereocenters. The minimum atomic E-state index is 0.177. The molecule has 2 fully saturated rings. The van der Waals surface area contributed by atoms with E-state index in [0.717, 1.165) is 72.6 Å². The zero-order valence-corrected chi connectivity index (χ0v) is 20.1. The maximum atomic E-state index is 6.37. The van der Waals surface area contributed by atoms with Gasteiger partial charge in [0, 0.05) is 43.3 Å². The van der Waals surface area contributed by atoms with Crippen molar-refractivity contribution in [2.24, 2.45) is 5.92 Å². The van der Waals surface area contributed by atoms with Gasteiger partial charge in [0.05, 0.1) is 11.5 Å². The highest BCUT2D eigenvalue weighted by molar-refractivity contribution is 6.00. The third-order valence-electron chi connectivity index (χ3n) is 7.48. The highest BCUT2D eigenvalue weighted by Gasteiger charge is 2.33. The largest absolute Gasteiger partial charge is 0.491 e. The molecule has 1 atom stereocenters. The van der Waals surface area contributed by atoms with Crippen molar-refractivity contribution in [1.29, 1.82) is 0 Å². The Bertz CT molecular complexity index is 1320. The van der Waals surface area contributed by atoms with E-state index in [-0.39, 0.29) is 6.10 Å². The zero-order chi connectivity index (χ0) is 23.8. The topological polar surface area (TPSA) is 93.0 Å². The molecule has 8 nitrogen and oxygen atoms in total. The summed E-state index contributed by atoms with van der Waals surface area (Å²) in [6.45, 7) is 4.48. The molecular formula is C27H32N6O2. The fourth-order valence-corrected chi connectivity index (χ4v) is 5.44. The molecule has 4 heterocycles. The Morgan fingerprint density at radius 1 is 1.17 bits per heavy atom. The minimum absolute atomic E-state index is 0.177. The Hall–Kier alpha value is -3.39. The first-order valence-corrected chi connectivity index (χ1v) is 12.6. The van der Waals surface area contributed by atoms with Gasteiger partial charge in [-0.15, -0.1) is 0 Å². The van der Waals surface area contributed by atoms with Gasteiger partial charge >= 0.3 is 0 Å². The van der Waals surface area contributed by atoms with E-state index in [1.54, 1.807) is 6.33 Å². The van der Waals surface area contributed by atoms with Gasteiger partial charge in [-0.3, -0.25) is 0 Å². The molecular weight excluding hydrogens is 440 g/mol. The molecule has 0 spiro atoms. The maximum absolute atomic E-state index is 6.37. The van der Waals surface area contributed by atoms with Gasteiger partial charge in [0.25, 0.3) is 0 Å². The van der Waals surface area contributed by atoms with Gasteiger partial charge in [0.2, 0.25) is 0 Å². The molecule has 182 valence electrons. The third-order valence-corrected chi connectivity index (χ3v) is 7.48. The highest BCUT2D eigenvalue weighted by atomic mass is 16.5. The van der Waals surface area contributed by atoms with Crippen molar-refractivity contribution in [2.45, 2.75) is 57.7 Å². The second-order valence-electron chi connectivity index (χ2n) is 9.85. The molecule has 1 aromatic carbocycles. The lowest BCUT2D eigenvalue weighted by atomic mass is 9.80. The second-order valence-corrected chi connectivity index (χ2v) is 9.85. The van der Waals surface area contributed by atoms with E-state index >= 15 is 0 Å². The Kier molecular flexibility index (Phi) is 5.90. The molecule has 0 amide bonds. The molecule has 0 radical (unpaired) electrons. The van der Waals surface area contributed by atoms with Crippen LogP contribution in [0.25, 0.3) is 22.2 Å². The summed E-state index contributed by atoms with van der Waals surface area (Å²) in [5.74, 6) is 3.05. The zero-order valence-electron chi connectivity index (χ0n) is 20.1. The molecule has 6 rings (SSSR count).